The molecule has 1 rings (SSSR count). The quantitative estimate of drug-likeness (QED) is 0.499. The van der Waals surface area contributed by atoms with E-state index in [1.807, 2.05) is 6.92 Å². The highest BCUT2D eigenvalue weighted by Crippen LogP contribution is 2.10. The first-order chi connectivity index (χ1) is 3.80. The van der Waals surface area contributed by atoms with Gasteiger partial charge in [-0.3, -0.25) is 0 Å². The topological polar surface area (TPSA) is 35.2 Å². The van der Waals surface area contributed by atoms with Crippen LogP contribution in [0.3, 0.4) is 0 Å². The van der Waals surface area contributed by atoms with Gasteiger partial charge in [-0.2, -0.15) is 0 Å². The second-order valence-electron chi connectivity index (χ2n) is 2.38. The van der Waals surface area contributed by atoms with Crippen LogP contribution in [0, 0.1) is 0 Å². The Morgan fingerprint density at radius 3 is 2.75 bits per heavy atom. The van der Waals surface area contributed by atoms with E-state index in [2.05, 4.69) is 0 Å². The van der Waals surface area contributed by atoms with Crippen molar-refractivity contribution in [3.8, 4) is 0 Å². The maximum atomic E-state index is 5.65. The minimum absolute atomic E-state index is 0.281. The van der Waals surface area contributed by atoms with Crippen LogP contribution in [0.15, 0.2) is 0 Å². The lowest BCUT2D eigenvalue weighted by Crippen LogP contribution is -2.38. The predicted molar refractivity (Wildman–Crippen MR) is 32.6 cm³/mol. The van der Waals surface area contributed by atoms with Crippen LogP contribution in [0.4, 0.5) is 0 Å². The van der Waals surface area contributed by atoms with Gasteiger partial charge < -0.3 is 10.5 Å². The third kappa shape index (κ3) is 1.20. The van der Waals surface area contributed by atoms with Crippen LogP contribution in [0.5, 0.6) is 0 Å². The van der Waals surface area contributed by atoms with Crippen LogP contribution in [0.1, 0.15) is 19.8 Å². The summed E-state index contributed by atoms with van der Waals surface area (Å²) in [6.07, 6.45) is 2.54. The van der Waals surface area contributed by atoms with Crippen molar-refractivity contribution in [1.29, 1.82) is 0 Å². The van der Waals surface area contributed by atoms with E-state index in [0.717, 1.165) is 19.4 Å². The molecule has 0 aliphatic carbocycles. The number of ether oxygens (including phenoxy) is 1. The monoisotopic (exact) mass is 115 g/mol. The van der Waals surface area contributed by atoms with Crippen LogP contribution in [0.2, 0.25) is 0 Å². The molecular weight excluding hydrogens is 102 g/mol. The summed E-state index contributed by atoms with van der Waals surface area (Å²) in [7, 11) is 0. The van der Waals surface area contributed by atoms with E-state index in [1.54, 1.807) is 0 Å². The summed E-state index contributed by atoms with van der Waals surface area (Å²) in [6, 6.07) is 0.281. The molecule has 0 aromatic carbocycles. The Kier molecular flexibility index (Phi) is 1.86. The molecule has 8 heavy (non-hydrogen) atoms. The molecule has 2 atom stereocenters. The third-order valence-corrected chi connectivity index (χ3v) is 1.67. The molecule has 1 aliphatic rings. The molecule has 48 valence electrons. The minimum Gasteiger partial charge on any atom is -0.377 e. The molecule has 2 heteroatoms. The molecule has 0 radical (unpaired) electrons. The molecule has 1 fully saturated rings. The van der Waals surface area contributed by atoms with E-state index >= 15 is 0 Å². The molecule has 0 amide bonds. The molecule has 1 unspecified atom stereocenters. The SMILES string of the molecule is CC1OCCC[C@H]1N. The van der Waals surface area contributed by atoms with Crippen LogP contribution in [-0.4, -0.2) is 18.8 Å². The van der Waals surface area contributed by atoms with Gasteiger partial charge in [0.1, 0.15) is 0 Å². The van der Waals surface area contributed by atoms with Gasteiger partial charge in [-0.25, -0.2) is 0 Å². The molecular formula is C6H13NO. The predicted octanol–water partition coefficient (Wildman–Crippen LogP) is 0.513. The molecule has 2 nitrogen and oxygen atoms in total. The van der Waals surface area contributed by atoms with Gasteiger partial charge in [0.2, 0.25) is 0 Å². The Bertz CT molecular complexity index is 64.9. The van der Waals surface area contributed by atoms with Gasteiger partial charge in [-0.1, -0.05) is 0 Å². The second-order valence-corrected chi connectivity index (χ2v) is 2.38. The smallest absolute Gasteiger partial charge is 0.0697 e. The van der Waals surface area contributed by atoms with Crippen molar-refractivity contribution in [2.45, 2.75) is 31.9 Å². The fourth-order valence-corrected chi connectivity index (χ4v) is 0.947. The largest absolute Gasteiger partial charge is 0.377 e. The zero-order valence-corrected chi connectivity index (χ0v) is 5.26. The summed E-state index contributed by atoms with van der Waals surface area (Å²) >= 11 is 0. The molecule has 1 aliphatic heterocycles. The van der Waals surface area contributed by atoms with E-state index in [4.69, 9.17) is 10.5 Å². The van der Waals surface area contributed by atoms with Gasteiger partial charge in [0, 0.05) is 12.6 Å². The molecule has 0 spiro atoms. The normalized spacial score (nSPS) is 39.8. The average Bonchev–Trinajstić information content (AvgIpc) is 1.77. The van der Waals surface area contributed by atoms with Crippen molar-refractivity contribution in [2.24, 2.45) is 5.73 Å². The Morgan fingerprint density at radius 1 is 1.62 bits per heavy atom. The van der Waals surface area contributed by atoms with Gasteiger partial charge in [-0.05, 0) is 19.8 Å². The van der Waals surface area contributed by atoms with Crippen molar-refractivity contribution in [3.63, 3.8) is 0 Å². The summed E-state index contributed by atoms with van der Waals surface area (Å²) in [6.45, 7) is 2.93. The van der Waals surface area contributed by atoms with Gasteiger partial charge in [0.25, 0.3) is 0 Å². The highest BCUT2D eigenvalue weighted by molar-refractivity contribution is 4.72. The Hall–Kier alpha value is -0.0800. The summed E-state index contributed by atoms with van der Waals surface area (Å²) < 4.78 is 5.27. The lowest BCUT2D eigenvalue weighted by molar-refractivity contribution is 0.0138. The van der Waals surface area contributed by atoms with E-state index in [1.165, 1.54) is 0 Å². The fourth-order valence-electron chi connectivity index (χ4n) is 0.947. The van der Waals surface area contributed by atoms with Gasteiger partial charge in [0.15, 0.2) is 0 Å². The molecule has 0 bridgehead atoms. The summed E-state index contributed by atoms with van der Waals surface area (Å²) in [4.78, 5) is 0. The van der Waals surface area contributed by atoms with E-state index in [9.17, 15) is 0 Å². The lowest BCUT2D eigenvalue weighted by atomic mass is 10.1. The molecule has 1 saturated heterocycles. The first-order valence-electron chi connectivity index (χ1n) is 3.18. The van der Waals surface area contributed by atoms with E-state index in [0.29, 0.717) is 0 Å². The average molecular weight is 115 g/mol. The zero-order valence-electron chi connectivity index (χ0n) is 5.26. The maximum Gasteiger partial charge on any atom is 0.0697 e. The van der Waals surface area contributed by atoms with Gasteiger partial charge >= 0.3 is 0 Å². The fraction of sp³-hybridized carbons (Fsp3) is 1.00. The Labute approximate surface area is 50.0 Å². The third-order valence-electron chi connectivity index (χ3n) is 1.67. The Balaban J connectivity index is 2.28. The standard InChI is InChI=1S/C6H13NO/c1-5-6(7)3-2-4-8-5/h5-6H,2-4,7H2,1H3/t5?,6-/m1/s1. The number of nitrogens with two attached hydrogens (primary N) is 1. The lowest BCUT2D eigenvalue weighted by Gasteiger charge is -2.25. The van der Waals surface area contributed by atoms with Crippen LogP contribution < -0.4 is 5.73 Å². The van der Waals surface area contributed by atoms with Gasteiger partial charge in [-0.15, -0.1) is 0 Å². The summed E-state index contributed by atoms with van der Waals surface area (Å²) in [5, 5.41) is 0. The second kappa shape index (κ2) is 2.46. The van der Waals surface area contributed by atoms with Crippen molar-refractivity contribution in [2.75, 3.05) is 6.61 Å². The first-order valence-corrected chi connectivity index (χ1v) is 3.18. The van der Waals surface area contributed by atoms with Crippen molar-refractivity contribution in [3.05, 3.63) is 0 Å². The number of hydrogen-bond donors (Lipinski definition) is 1. The van der Waals surface area contributed by atoms with E-state index in [-0.39, 0.29) is 12.1 Å². The van der Waals surface area contributed by atoms with Crippen LogP contribution >= 0.6 is 0 Å². The van der Waals surface area contributed by atoms with E-state index < -0.39 is 0 Å². The van der Waals surface area contributed by atoms with Crippen LogP contribution in [-0.2, 0) is 4.74 Å². The van der Waals surface area contributed by atoms with Crippen molar-refractivity contribution < 1.29 is 4.74 Å². The summed E-state index contributed by atoms with van der Waals surface area (Å²) in [5.74, 6) is 0. The number of hydrogen-bond acceptors (Lipinski definition) is 2. The zero-order chi connectivity index (χ0) is 5.98. The maximum absolute atomic E-state index is 5.65. The molecule has 1 heterocycles. The van der Waals surface area contributed by atoms with Crippen LogP contribution in [0.25, 0.3) is 0 Å². The molecule has 2 N–H and O–H groups in total. The van der Waals surface area contributed by atoms with Gasteiger partial charge in [0.05, 0.1) is 6.10 Å². The summed E-state index contributed by atoms with van der Waals surface area (Å²) in [5.41, 5.74) is 5.65. The highest BCUT2D eigenvalue weighted by atomic mass is 16.5. The highest BCUT2D eigenvalue weighted by Gasteiger charge is 2.16. The Morgan fingerprint density at radius 2 is 2.38 bits per heavy atom. The van der Waals surface area contributed by atoms with Crippen molar-refractivity contribution in [1.82, 2.24) is 0 Å². The first kappa shape index (κ1) is 6.05. The minimum atomic E-state index is 0.281. The number of rotatable bonds is 0. The molecule has 0 aromatic rings. The molecule has 0 saturated carbocycles. The molecule has 0 aromatic heterocycles. The van der Waals surface area contributed by atoms with Crippen molar-refractivity contribution >= 4 is 0 Å².